The van der Waals surface area contributed by atoms with Gasteiger partial charge in [-0.05, 0) is 18.8 Å². The molecule has 0 aromatic rings. The van der Waals surface area contributed by atoms with Gasteiger partial charge in [0, 0.05) is 0 Å². The molecule has 4 heteroatoms. The fourth-order valence-electron chi connectivity index (χ4n) is 1.66. The lowest BCUT2D eigenvalue weighted by Gasteiger charge is -2.32. The van der Waals surface area contributed by atoms with Crippen molar-refractivity contribution in [1.82, 2.24) is 0 Å². The minimum Gasteiger partial charge on any atom is -0.480 e. The van der Waals surface area contributed by atoms with Crippen molar-refractivity contribution in [3.63, 3.8) is 0 Å². The number of rotatable bonds is 2. The van der Waals surface area contributed by atoms with E-state index in [9.17, 15) is 9.59 Å². The normalized spacial score (nSPS) is 25.5. The molecule has 0 saturated heterocycles. The molecule has 2 N–H and O–H groups in total. The van der Waals surface area contributed by atoms with E-state index in [-0.39, 0.29) is 12.3 Å². The first-order chi connectivity index (χ1) is 6.01. The van der Waals surface area contributed by atoms with Crippen molar-refractivity contribution >= 4 is 11.9 Å². The third-order valence-electron chi connectivity index (χ3n) is 2.70. The largest absolute Gasteiger partial charge is 0.480 e. The second-order valence-corrected chi connectivity index (χ2v) is 3.39. The minimum absolute atomic E-state index is 0.0822. The van der Waals surface area contributed by atoms with Gasteiger partial charge in [0.15, 0.2) is 5.41 Å². The first-order valence-corrected chi connectivity index (χ1v) is 4.13. The number of hydrogen-bond acceptors (Lipinski definition) is 2. The quantitative estimate of drug-likeness (QED) is 0.498. The number of carboxylic acids is 2. The monoisotopic (exact) mass is 184 g/mol. The van der Waals surface area contributed by atoms with Gasteiger partial charge in [0.05, 0.1) is 0 Å². The molecule has 0 fully saturated rings. The summed E-state index contributed by atoms with van der Waals surface area (Å²) in [6.07, 6.45) is 4.05. The Hall–Kier alpha value is -1.32. The molecule has 4 nitrogen and oxygen atoms in total. The number of aliphatic carboxylic acids is 2. The zero-order valence-electron chi connectivity index (χ0n) is 7.36. The molecular weight excluding hydrogens is 172 g/mol. The van der Waals surface area contributed by atoms with Gasteiger partial charge in [-0.25, -0.2) is 0 Å². The Kier molecular flexibility index (Phi) is 2.40. The highest BCUT2D eigenvalue weighted by Gasteiger charge is 2.50. The molecule has 1 aliphatic rings. The lowest BCUT2D eigenvalue weighted by Crippen LogP contribution is -2.45. The van der Waals surface area contributed by atoms with Crippen molar-refractivity contribution in [3.8, 4) is 0 Å². The van der Waals surface area contributed by atoms with Gasteiger partial charge >= 0.3 is 11.9 Å². The Balaban J connectivity index is 3.09. The third kappa shape index (κ3) is 1.32. The summed E-state index contributed by atoms with van der Waals surface area (Å²) >= 11 is 0. The van der Waals surface area contributed by atoms with Gasteiger partial charge in [-0.1, -0.05) is 19.1 Å². The van der Waals surface area contributed by atoms with Crippen LogP contribution in [-0.2, 0) is 9.59 Å². The van der Waals surface area contributed by atoms with Crippen LogP contribution in [0.15, 0.2) is 12.2 Å². The fourth-order valence-corrected chi connectivity index (χ4v) is 1.66. The maximum atomic E-state index is 10.9. The molecule has 0 heterocycles. The summed E-state index contributed by atoms with van der Waals surface area (Å²) < 4.78 is 0. The van der Waals surface area contributed by atoms with E-state index in [1.807, 2.05) is 6.08 Å². The van der Waals surface area contributed by atoms with E-state index in [1.54, 1.807) is 13.0 Å². The van der Waals surface area contributed by atoms with Crippen molar-refractivity contribution in [2.24, 2.45) is 11.3 Å². The number of hydrogen-bond donors (Lipinski definition) is 2. The summed E-state index contributed by atoms with van der Waals surface area (Å²) in [7, 11) is 0. The van der Waals surface area contributed by atoms with Gasteiger partial charge in [-0.2, -0.15) is 0 Å². The van der Waals surface area contributed by atoms with Crippen LogP contribution in [-0.4, -0.2) is 22.2 Å². The molecule has 0 aromatic carbocycles. The molecule has 0 aromatic heterocycles. The summed E-state index contributed by atoms with van der Waals surface area (Å²) in [5, 5.41) is 17.8. The molecule has 0 saturated carbocycles. The van der Waals surface area contributed by atoms with Crippen molar-refractivity contribution in [3.05, 3.63) is 12.2 Å². The maximum absolute atomic E-state index is 10.9. The van der Waals surface area contributed by atoms with E-state index in [0.29, 0.717) is 6.42 Å². The van der Waals surface area contributed by atoms with Crippen LogP contribution in [0, 0.1) is 11.3 Å². The van der Waals surface area contributed by atoms with Crippen LogP contribution >= 0.6 is 0 Å². The van der Waals surface area contributed by atoms with Crippen LogP contribution in [0.1, 0.15) is 19.8 Å². The molecule has 0 unspecified atom stereocenters. The van der Waals surface area contributed by atoms with E-state index in [1.165, 1.54) is 0 Å². The average molecular weight is 184 g/mol. The fraction of sp³-hybridized carbons (Fsp3) is 0.556. The van der Waals surface area contributed by atoms with E-state index in [4.69, 9.17) is 10.2 Å². The summed E-state index contributed by atoms with van der Waals surface area (Å²) in [6.45, 7) is 1.66. The highest BCUT2D eigenvalue weighted by molar-refractivity contribution is 5.99. The Morgan fingerprint density at radius 2 is 1.85 bits per heavy atom. The van der Waals surface area contributed by atoms with Crippen molar-refractivity contribution < 1.29 is 19.8 Å². The van der Waals surface area contributed by atoms with E-state index < -0.39 is 17.4 Å². The molecule has 1 atom stereocenters. The smallest absolute Gasteiger partial charge is 0.321 e. The first-order valence-electron chi connectivity index (χ1n) is 4.13. The number of allylic oxidation sites excluding steroid dienone is 2. The SMILES string of the molecule is C[C@H]1CC=CCC1(C(=O)O)C(=O)O. The Morgan fingerprint density at radius 1 is 1.31 bits per heavy atom. The van der Waals surface area contributed by atoms with Gasteiger partial charge in [-0.3, -0.25) is 9.59 Å². The van der Waals surface area contributed by atoms with Gasteiger partial charge in [0.1, 0.15) is 0 Å². The summed E-state index contributed by atoms with van der Waals surface area (Å²) in [6, 6.07) is 0. The second kappa shape index (κ2) is 3.20. The standard InChI is InChI=1S/C9H12O4/c1-6-4-2-3-5-9(6,7(10)11)8(12)13/h2-3,6H,4-5H2,1H3,(H,10,11)(H,12,13)/t6-/m0/s1. The molecule has 1 rings (SSSR count). The number of carbonyl (C=O) groups is 2. The minimum atomic E-state index is -1.62. The zero-order valence-corrected chi connectivity index (χ0v) is 7.36. The van der Waals surface area contributed by atoms with Gasteiger partial charge < -0.3 is 10.2 Å². The average Bonchev–Trinajstić information content (AvgIpc) is 2.04. The molecule has 0 amide bonds. The maximum Gasteiger partial charge on any atom is 0.321 e. The summed E-state index contributed by atoms with van der Waals surface area (Å²) in [5.41, 5.74) is -1.62. The highest BCUT2D eigenvalue weighted by atomic mass is 16.4. The van der Waals surface area contributed by atoms with E-state index in [0.717, 1.165) is 0 Å². The van der Waals surface area contributed by atoms with Crippen LogP contribution in [0.4, 0.5) is 0 Å². The number of carboxylic acid groups (broad SMARTS) is 2. The topological polar surface area (TPSA) is 74.6 Å². The molecule has 13 heavy (non-hydrogen) atoms. The predicted molar refractivity (Wildman–Crippen MR) is 45.2 cm³/mol. The molecule has 0 radical (unpaired) electrons. The molecule has 1 aliphatic carbocycles. The van der Waals surface area contributed by atoms with E-state index in [2.05, 4.69) is 0 Å². The van der Waals surface area contributed by atoms with Crippen LogP contribution in [0.5, 0.6) is 0 Å². The zero-order chi connectivity index (χ0) is 10.1. The third-order valence-corrected chi connectivity index (χ3v) is 2.70. The summed E-state index contributed by atoms with van der Waals surface area (Å²) in [4.78, 5) is 21.8. The lowest BCUT2D eigenvalue weighted by atomic mass is 9.69. The second-order valence-electron chi connectivity index (χ2n) is 3.39. The van der Waals surface area contributed by atoms with E-state index >= 15 is 0 Å². The van der Waals surface area contributed by atoms with Gasteiger partial charge in [-0.15, -0.1) is 0 Å². The first kappa shape index (κ1) is 9.77. The van der Waals surface area contributed by atoms with Gasteiger partial charge in [0.2, 0.25) is 0 Å². The van der Waals surface area contributed by atoms with Crippen LogP contribution < -0.4 is 0 Å². The predicted octanol–water partition coefficient (Wildman–Crippen LogP) is 1.13. The molecular formula is C9H12O4. The van der Waals surface area contributed by atoms with Crippen LogP contribution in [0.2, 0.25) is 0 Å². The van der Waals surface area contributed by atoms with Crippen molar-refractivity contribution in [2.45, 2.75) is 19.8 Å². The molecule has 72 valence electrons. The highest BCUT2D eigenvalue weighted by Crippen LogP contribution is 2.38. The summed E-state index contributed by atoms with van der Waals surface area (Å²) in [5.74, 6) is -2.83. The van der Waals surface area contributed by atoms with Crippen LogP contribution in [0.25, 0.3) is 0 Å². The van der Waals surface area contributed by atoms with Gasteiger partial charge in [0.25, 0.3) is 0 Å². The molecule has 0 spiro atoms. The van der Waals surface area contributed by atoms with Crippen molar-refractivity contribution in [2.75, 3.05) is 0 Å². The molecule has 0 bridgehead atoms. The Labute approximate surface area is 75.9 Å². The Bertz CT molecular complexity index is 253. The molecule has 0 aliphatic heterocycles. The van der Waals surface area contributed by atoms with Crippen molar-refractivity contribution in [1.29, 1.82) is 0 Å². The Morgan fingerprint density at radius 3 is 2.15 bits per heavy atom. The lowest BCUT2D eigenvalue weighted by molar-refractivity contribution is -0.169. The van der Waals surface area contributed by atoms with Crippen LogP contribution in [0.3, 0.4) is 0 Å².